The zero-order chi connectivity index (χ0) is 15.6. The fourth-order valence-corrected chi connectivity index (χ4v) is 2.02. The molecule has 23 heavy (non-hydrogen) atoms. The largest absolute Gasteiger partial charge is 0.345 e. The van der Waals surface area contributed by atoms with Crippen LogP contribution in [0.1, 0.15) is 12.8 Å². The van der Waals surface area contributed by atoms with Crippen LogP contribution in [0.15, 0.2) is 42.7 Å². The van der Waals surface area contributed by atoms with Crippen LogP contribution in [-0.4, -0.2) is 33.7 Å². The summed E-state index contributed by atoms with van der Waals surface area (Å²) in [5.74, 6) is -0.555. The minimum absolute atomic E-state index is 0. The number of rotatable bonds is 5. The van der Waals surface area contributed by atoms with Crippen molar-refractivity contribution in [1.82, 2.24) is 15.1 Å². The first-order valence-electron chi connectivity index (χ1n) is 7.04. The second kappa shape index (κ2) is 6.80. The molecule has 122 valence electrons. The normalized spacial score (nSPS) is 14.5. The van der Waals surface area contributed by atoms with Crippen molar-refractivity contribution in [1.29, 1.82) is 0 Å². The van der Waals surface area contributed by atoms with Crippen LogP contribution in [0, 0.1) is 0 Å². The van der Waals surface area contributed by atoms with Crippen molar-refractivity contribution in [3.8, 4) is 5.69 Å². The van der Waals surface area contributed by atoms with Gasteiger partial charge >= 0.3 is 0 Å². The van der Waals surface area contributed by atoms with E-state index < -0.39 is 5.54 Å². The van der Waals surface area contributed by atoms with Gasteiger partial charge in [-0.2, -0.15) is 5.10 Å². The molecule has 1 aromatic heterocycles. The number of halogens is 1. The van der Waals surface area contributed by atoms with Crippen molar-refractivity contribution in [3.05, 3.63) is 42.7 Å². The third-order valence-electron chi connectivity index (χ3n) is 3.57. The highest BCUT2D eigenvalue weighted by Crippen LogP contribution is 2.31. The molecule has 1 aliphatic rings. The van der Waals surface area contributed by atoms with E-state index in [1.165, 1.54) is 0 Å². The Kier molecular flexibility index (Phi) is 5.02. The zero-order valence-electron chi connectivity index (χ0n) is 12.4. The molecule has 2 aromatic rings. The first-order chi connectivity index (χ1) is 10.6. The number of hydrogen-bond donors (Lipinski definition) is 3. The van der Waals surface area contributed by atoms with Gasteiger partial charge in [-0.15, -0.1) is 12.4 Å². The number of nitrogens with two attached hydrogens (primary N) is 1. The van der Waals surface area contributed by atoms with Crippen molar-refractivity contribution in [2.75, 3.05) is 11.9 Å². The van der Waals surface area contributed by atoms with Crippen molar-refractivity contribution >= 4 is 29.9 Å². The van der Waals surface area contributed by atoms with Crippen molar-refractivity contribution in [2.45, 2.75) is 18.4 Å². The number of benzene rings is 1. The van der Waals surface area contributed by atoms with Crippen molar-refractivity contribution in [2.24, 2.45) is 5.73 Å². The molecule has 0 spiro atoms. The SMILES string of the molecule is Cl.NC1(C(=O)NCC(=O)Nc2ccc(-n3cccn3)cc2)CC1. The Labute approximate surface area is 139 Å². The van der Waals surface area contributed by atoms with Gasteiger partial charge in [-0.25, -0.2) is 4.68 Å². The molecule has 7 nitrogen and oxygen atoms in total. The van der Waals surface area contributed by atoms with E-state index in [4.69, 9.17) is 5.73 Å². The fraction of sp³-hybridized carbons (Fsp3) is 0.267. The Hall–Kier alpha value is -2.38. The first kappa shape index (κ1) is 17.0. The Bertz CT molecular complexity index is 680. The molecule has 0 atom stereocenters. The summed E-state index contributed by atoms with van der Waals surface area (Å²) in [6.45, 7) is -0.0846. The van der Waals surface area contributed by atoms with Gasteiger partial charge in [0.25, 0.3) is 0 Å². The molecule has 1 saturated carbocycles. The lowest BCUT2D eigenvalue weighted by Crippen LogP contribution is -2.45. The summed E-state index contributed by atoms with van der Waals surface area (Å²) in [6, 6.07) is 9.09. The molecule has 1 aliphatic carbocycles. The number of nitrogens with zero attached hydrogens (tertiary/aromatic N) is 2. The van der Waals surface area contributed by atoms with E-state index >= 15 is 0 Å². The summed E-state index contributed by atoms with van der Waals surface area (Å²) in [4.78, 5) is 23.4. The molecule has 0 saturated heterocycles. The third kappa shape index (κ3) is 4.08. The average molecular weight is 336 g/mol. The molecular weight excluding hydrogens is 318 g/mol. The van der Waals surface area contributed by atoms with Gasteiger partial charge in [-0.1, -0.05) is 0 Å². The molecule has 1 heterocycles. The Morgan fingerprint density at radius 2 is 1.96 bits per heavy atom. The Morgan fingerprint density at radius 3 is 2.52 bits per heavy atom. The van der Waals surface area contributed by atoms with E-state index in [0.717, 1.165) is 5.69 Å². The summed E-state index contributed by atoms with van der Waals surface area (Å²) in [7, 11) is 0. The monoisotopic (exact) mass is 335 g/mol. The summed E-state index contributed by atoms with van der Waals surface area (Å²) in [5.41, 5.74) is 6.54. The minimum Gasteiger partial charge on any atom is -0.345 e. The quantitative estimate of drug-likeness (QED) is 0.753. The third-order valence-corrected chi connectivity index (χ3v) is 3.57. The highest BCUT2D eigenvalue weighted by atomic mass is 35.5. The summed E-state index contributed by atoms with van der Waals surface area (Å²) >= 11 is 0. The molecule has 1 aromatic carbocycles. The van der Waals surface area contributed by atoms with Gasteiger partial charge < -0.3 is 16.4 Å². The molecular formula is C15H18ClN5O2. The van der Waals surface area contributed by atoms with Crippen LogP contribution in [0.25, 0.3) is 5.69 Å². The molecule has 4 N–H and O–H groups in total. The lowest BCUT2D eigenvalue weighted by atomic mass is 10.2. The predicted octanol–water partition coefficient (Wildman–Crippen LogP) is 0.840. The Balaban J connectivity index is 0.00000192. The molecule has 3 rings (SSSR count). The number of carbonyl (C=O) groups is 2. The number of carbonyl (C=O) groups excluding carboxylic acids is 2. The number of aromatic nitrogens is 2. The fourth-order valence-electron chi connectivity index (χ4n) is 2.02. The maximum atomic E-state index is 11.8. The molecule has 1 fully saturated rings. The van der Waals surface area contributed by atoms with Crippen molar-refractivity contribution < 1.29 is 9.59 Å². The number of hydrogen-bond acceptors (Lipinski definition) is 4. The van der Waals surface area contributed by atoms with Crippen molar-refractivity contribution in [3.63, 3.8) is 0 Å². The van der Waals surface area contributed by atoms with Gasteiger partial charge in [0.1, 0.15) is 0 Å². The zero-order valence-corrected chi connectivity index (χ0v) is 13.2. The summed E-state index contributed by atoms with van der Waals surface area (Å²) in [5, 5.41) is 9.39. The van der Waals surface area contributed by atoms with Gasteiger partial charge in [0.15, 0.2) is 0 Å². The highest BCUT2D eigenvalue weighted by Gasteiger charge is 2.45. The van der Waals surface area contributed by atoms with Crippen LogP contribution < -0.4 is 16.4 Å². The van der Waals surface area contributed by atoms with E-state index in [1.54, 1.807) is 23.0 Å². The van der Waals surface area contributed by atoms with E-state index in [1.807, 2.05) is 24.4 Å². The van der Waals surface area contributed by atoms with Gasteiger partial charge in [0.2, 0.25) is 11.8 Å². The van der Waals surface area contributed by atoms with Crippen LogP contribution in [0.5, 0.6) is 0 Å². The summed E-state index contributed by atoms with van der Waals surface area (Å²) in [6.07, 6.45) is 4.89. The van der Waals surface area contributed by atoms with Crippen LogP contribution >= 0.6 is 12.4 Å². The first-order valence-corrected chi connectivity index (χ1v) is 7.04. The van der Waals surface area contributed by atoms with Crippen LogP contribution in [0.4, 0.5) is 5.69 Å². The lowest BCUT2D eigenvalue weighted by molar-refractivity contribution is -0.125. The highest BCUT2D eigenvalue weighted by molar-refractivity contribution is 5.97. The smallest absolute Gasteiger partial charge is 0.243 e. The van der Waals surface area contributed by atoms with E-state index in [-0.39, 0.29) is 30.8 Å². The number of anilines is 1. The Morgan fingerprint density at radius 1 is 1.26 bits per heavy atom. The average Bonchev–Trinajstić information content (AvgIpc) is 3.04. The number of nitrogens with one attached hydrogen (secondary N) is 2. The second-order valence-electron chi connectivity index (χ2n) is 5.38. The lowest BCUT2D eigenvalue weighted by Gasteiger charge is -2.10. The van der Waals surface area contributed by atoms with Crippen LogP contribution in [0.3, 0.4) is 0 Å². The maximum absolute atomic E-state index is 11.8. The van der Waals surface area contributed by atoms with Gasteiger partial charge in [-0.3, -0.25) is 9.59 Å². The molecule has 2 amide bonds. The van der Waals surface area contributed by atoms with Gasteiger partial charge in [0.05, 0.1) is 17.8 Å². The van der Waals surface area contributed by atoms with Crippen LogP contribution in [-0.2, 0) is 9.59 Å². The van der Waals surface area contributed by atoms with E-state index in [2.05, 4.69) is 15.7 Å². The molecule has 8 heteroatoms. The van der Waals surface area contributed by atoms with E-state index in [0.29, 0.717) is 18.5 Å². The van der Waals surface area contributed by atoms with Gasteiger partial charge in [-0.05, 0) is 43.2 Å². The van der Waals surface area contributed by atoms with E-state index in [9.17, 15) is 9.59 Å². The second-order valence-corrected chi connectivity index (χ2v) is 5.38. The topological polar surface area (TPSA) is 102 Å². The minimum atomic E-state index is -0.758. The molecule has 0 radical (unpaired) electrons. The standard InChI is InChI=1S/C15H17N5O2.ClH/c16-15(6-7-15)14(22)17-10-13(21)19-11-2-4-12(5-3-11)20-9-1-8-18-20;/h1-5,8-9H,6-7,10,16H2,(H,17,22)(H,19,21);1H. The van der Waals surface area contributed by atoms with Gasteiger partial charge in [0, 0.05) is 18.1 Å². The predicted molar refractivity (Wildman–Crippen MR) is 88.6 cm³/mol. The summed E-state index contributed by atoms with van der Waals surface area (Å²) < 4.78 is 1.72. The molecule has 0 unspecified atom stereocenters. The van der Waals surface area contributed by atoms with Crippen LogP contribution in [0.2, 0.25) is 0 Å². The molecule has 0 aliphatic heterocycles. The number of amides is 2. The molecule has 0 bridgehead atoms. The maximum Gasteiger partial charge on any atom is 0.243 e.